The van der Waals surface area contributed by atoms with Crippen molar-refractivity contribution in [3.63, 3.8) is 0 Å². The van der Waals surface area contributed by atoms with E-state index in [0.717, 1.165) is 11.1 Å². The Balaban J connectivity index is 1.88. The van der Waals surface area contributed by atoms with Crippen LogP contribution in [0, 0.1) is 17.7 Å². The van der Waals surface area contributed by atoms with Crippen LogP contribution in [-0.2, 0) is 22.4 Å². The maximum atomic E-state index is 13.2. The molecule has 0 fully saturated rings. The van der Waals surface area contributed by atoms with Crippen LogP contribution in [-0.4, -0.2) is 30.6 Å². The van der Waals surface area contributed by atoms with Gasteiger partial charge in [0.25, 0.3) is 0 Å². The van der Waals surface area contributed by atoms with E-state index < -0.39 is 11.9 Å². The van der Waals surface area contributed by atoms with Crippen molar-refractivity contribution in [1.82, 2.24) is 5.32 Å². The van der Waals surface area contributed by atoms with Crippen LogP contribution in [0.3, 0.4) is 0 Å². The SMILES string of the molecule is COc1ccccc1CC(CNC(=O)C(C)CCc1cccc(F)c1)C(=O)O. The van der Waals surface area contributed by atoms with Crippen LogP contribution in [0.5, 0.6) is 5.75 Å². The molecule has 6 heteroatoms. The molecular weight excluding hydrogens is 361 g/mol. The Bertz CT molecular complexity index is 809. The molecule has 150 valence electrons. The first-order valence-corrected chi connectivity index (χ1v) is 9.27. The van der Waals surface area contributed by atoms with Crippen molar-refractivity contribution >= 4 is 11.9 Å². The Kier molecular flexibility index (Phi) is 7.99. The number of carboxylic acid groups (broad SMARTS) is 1. The average Bonchev–Trinajstić information content (AvgIpc) is 2.69. The maximum absolute atomic E-state index is 13.2. The third-order valence-corrected chi connectivity index (χ3v) is 4.73. The predicted molar refractivity (Wildman–Crippen MR) is 105 cm³/mol. The number of halogens is 1. The van der Waals surface area contributed by atoms with Crippen LogP contribution >= 0.6 is 0 Å². The van der Waals surface area contributed by atoms with Gasteiger partial charge in [0.05, 0.1) is 13.0 Å². The normalized spacial score (nSPS) is 12.8. The number of para-hydroxylation sites is 1. The molecule has 0 saturated heterocycles. The van der Waals surface area contributed by atoms with E-state index in [1.54, 1.807) is 19.1 Å². The smallest absolute Gasteiger partial charge is 0.308 e. The molecule has 0 aliphatic carbocycles. The first kappa shape index (κ1) is 21.4. The van der Waals surface area contributed by atoms with Gasteiger partial charge in [-0.3, -0.25) is 9.59 Å². The Morgan fingerprint density at radius 1 is 1.18 bits per heavy atom. The predicted octanol–water partition coefficient (Wildman–Crippen LogP) is 3.46. The number of aliphatic carboxylic acids is 1. The van der Waals surface area contributed by atoms with Gasteiger partial charge in [0.1, 0.15) is 11.6 Å². The molecule has 2 unspecified atom stereocenters. The van der Waals surface area contributed by atoms with E-state index >= 15 is 0 Å². The molecule has 5 nitrogen and oxygen atoms in total. The Morgan fingerprint density at radius 2 is 1.93 bits per heavy atom. The Hall–Kier alpha value is -2.89. The molecule has 1 amide bonds. The fraction of sp³-hybridized carbons (Fsp3) is 0.364. The van der Waals surface area contributed by atoms with E-state index in [4.69, 9.17) is 4.74 Å². The second-order valence-corrected chi connectivity index (χ2v) is 6.87. The quantitative estimate of drug-likeness (QED) is 0.655. The third kappa shape index (κ3) is 6.37. The highest BCUT2D eigenvalue weighted by Gasteiger charge is 2.22. The summed E-state index contributed by atoms with van der Waals surface area (Å²) < 4.78 is 18.5. The second-order valence-electron chi connectivity index (χ2n) is 6.87. The molecule has 2 aromatic carbocycles. The standard InChI is InChI=1S/C22H26FNO4/c1-15(10-11-16-6-5-8-19(23)12-16)21(25)24-14-18(22(26)27)13-17-7-3-4-9-20(17)28-2/h3-9,12,15,18H,10-11,13-14H2,1-2H3,(H,24,25)(H,26,27). The summed E-state index contributed by atoms with van der Waals surface area (Å²) in [5.74, 6) is -1.90. The van der Waals surface area contributed by atoms with Gasteiger partial charge in [0.15, 0.2) is 0 Å². The summed E-state index contributed by atoms with van der Waals surface area (Å²) >= 11 is 0. The number of amides is 1. The second kappa shape index (κ2) is 10.4. The summed E-state index contributed by atoms with van der Waals surface area (Å²) in [4.78, 5) is 23.9. The topological polar surface area (TPSA) is 75.6 Å². The van der Waals surface area contributed by atoms with Gasteiger partial charge in [0, 0.05) is 12.5 Å². The van der Waals surface area contributed by atoms with E-state index in [-0.39, 0.29) is 30.6 Å². The summed E-state index contributed by atoms with van der Waals surface area (Å²) in [5, 5.41) is 12.2. The van der Waals surface area contributed by atoms with E-state index in [2.05, 4.69) is 5.32 Å². The zero-order valence-corrected chi connectivity index (χ0v) is 16.2. The van der Waals surface area contributed by atoms with E-state index in [0.29, 0.717) is 18.6 Å². The van der Waals surface area contributed by atoms with Gasteiger partial charge in [-0.15, -0.1) is 0 Å². The molecular formula is C22H26FNO4. The largest absolute Gasteiger partial charge is 0.496 e. The highest BCUT2D eigenvalue weighted by atomic mass is 19.1. The minimum Gasteiger partial charge on any atom is -0.496 e. The number of carboxylic acids is 1. The van der Waals surface area contributed by atoms with Crippen molar-refractivity contribution in [3.05, 3.63) is 65.5 Å². The van der Waals surface area contributed by atoms with Gasteiger partial charge in [0.2, 0.25) is 5.91 Å². The molecule has 0 heterocycles. The number of hydrogen-bond donors (Lipinski definition) is 2. The molecule has 0 aromatic heterocycles. The monoisotopic (exact) mass is 387 g/mol. The number of nitrogens with one attached hydrogen (secondary N) is 1. The van der Waals surface area contributed by atoms with Gasteiger partial charge >= 0.3 is 5.97 Å². The van der Waals surface area contributed by atoms with Crippen molar-refractivity contribution < 1.29 is 23.8 Å². The van der Waals surface area contributed by atoms with E-state index in [9.17, 15) is 19.1 Å². The van der Waals surface area contributed by atoms with Crippen LogP contribution in [0.15, 0.2) is 48.5 Å². The zero-order valence-electron chi connectivity index (χ0n) is 16.2. The van der Waals surface area contributed by atoms with Crippen molar-refractivity contribution in [1.29, 1.82) is 0 Å². The highest BCUT2D eigenvalue weighted by Crippen LogP contribution is 2.21. The van der Waals surface area contributed by atoms with Gasteiger partial charge < -0.3 is 15.2 Å². The summed E-state index contributed by atoms with van der Waals surface area (Å²) in [6.07, 6.45) is 1.40. The average molecular weight is 387 g/mol. The molecule has 0 saturated carbocycles. The number of aryl methyl sites for hydroxylation is 1. The molecule has 2 aromatic rings. The molecule has 0 spiro atoms. The van der Waals surface area contributed by atoms with Crippen molar-refractivity contribution in [2.75, 3.05) is 13.7 Å². The van der Waals surface area contributed by atoms with Crippen molar-refractivity contribution in [2.24, 2.45) is 11.8 Å². The lowest BCUT2D eigenvalue weighted by Gasteiger charge is -2.17. The number of ether oxygens (including phenoxy) is 1. The van der Waals surface area contributed by atoms with E-state index in [1.165, 1.54) is 19.2 Å². The number of carbonyl (C=O) groups excluding carboxylic acids is 1. The molecule has 2 atom stereocenters. The molecule has 0 bridgehead atoms. The van der Waals surface area contributed by atoms with Crippen LogP contribution in [0.4, 0.5) is 4.39 Å². The first-order chi connectivity index (χ1) is 13.4. The molecule has 0 aliphatic rings. The number of methoxy groups -OCH3 is 1. The molecule has 28 heavy (non-hydrogen) atoms. The summed E-state index contributed by atoms with van der Waals surface area (Å²) in [6, 6.07) is 13.5. The minimum atomic E-state index is -0.974. The number of carbonyl (C=O) groups is 2. The summed E-state index contributed by atoms with van der Waals surface area (Å²) in [7, 11) is 1.54. The van der Waals surface area contributed by atoms with Gasteiger partial charge in [-0.2, -0.15) is 0 Å². The minimum absolute atomic E-state index is 0.0382. The Labute approximate surface area is 164 Å². The fourth-order valence-electron chi connectivity index (χ4n) is 2.99. The third-order valence-electron chi connectivity index (χ3n) is 4.73. The van der Waals surface area contributed by atoms with Crippen molar-refractivity contribution in [3.8, 4) is 5.75 Å². The lowest BCUT2D eigenvalue weighted by molar-refractivity contribution is -0.141. The number of rotatable bonds is 10. The molecule has 2 N–H and O–H groups in total. The molecule has 2 rings (SSSR count). The van der Waals surface area contributed by atoms with Crippen LogP contribution in [0.25, 0.3) is 0 Å². The van der Waals surface area contributed by atoms with Gasteiger partial charge in [-0.1, -0.05) is 37.3 Å². The van der Waals surface area contributed by atoms with Crippen LogP contribution in [0.1, 0.15) is 24.5 Å². The first-order valence-electron chi connectivity index (χ1n) is 9.27. The van der Waals surface area contributed by atoms with Gasteiger partial charge in [-0.05, 0) is 48.6 Å². The molecule has 0 radical (unpaired) electrons. The molecule has 0 aliphatic heterocycles. The maximum Gasteiger partial charge on any atom is 0.308 e. The van der Waals surface area contributed by atoms with Crippen LogP contribution in [0.2, 0.25) is 0 Å². The lowest BCUT2D eigenvalue weighted by Crippen LogP contribution is -2.37. The Morgan fingerprint density at radius 3 is 2.61 bits per heavy atom. The zero-order chi connectivity index (χ0) is 20.5. The lowest BCUT2D eigenvalue weighted by atomic mass is 9.97. The fourth-order valence-corrected chi connectivity index (χ4v) is 2.99. The van der Waals surface area contributed by atoms with Crippen molar-refractivity contribution in [2.45, 2.75) is 26.2 Å². The van der Waals surface area contributed by atoms with E-state index in [1.807, 2.05) is 24.3 Å². The summed E-state index contributed by atoms with van der Waals surface area (Å²) in [6.45, 7) is 1.82. The number of hydrogen-bond acceptors (Lipinski definition) is 3. The van der Waals surface area contributed by atoms with Gasteiger partial charge in [-0.25, -0.2) is 4.39 Å². The number of benzene rings is 2. The summed E-state index contributed by atoms with van der Waals surface area (Å²) in [5.41, 5.74) is 1.62. The highest BCUT2D eigenvalue weighted by molar-refractivity contribution is 5.79. The van der Waals surface area contributed by atoms with Crippen LogP contribution < -0.4 is 10.1 Å².